The molecule has 0 saturated carbocycles. The minimum Gasteiger partial charge on any atom is -0.484 e. The van der Waals surface area contributed by atoms with Gasteiger partial charge in [-0.25, -0.2) is 12.8 Å². The normalized spacial score (nSPS) is 14.5. The van der Waals surface area contributed by atoms with Crippen molar-refractivity contribution >= 4 is 21.6 Å². The zero-order valence-corrected chi connectivity index (χ0v) is 17.2. The molecule has 0 atom stereocenters. The number of rotatable bonds is 7. The number of piperidine rings is 1. The average Bonchev–Trinajstić information content (AvgIpc) is 2.72. The lowest BCUT2D eigenvalue weighted by Gasteiger charge is -2.26. The molecule has 0 aromatic heterocycles. The lowest BCUT2D eigenvalue weighted by Crippen LogP contribution is -2.38. The molecule has 8 heteroatoms. The van der Waals surface area contributed by atoms with E-state index < -0.39 is 15.8 Å². The maximum atomic E-state index is 14.0. The number of hydrogen-bond acceptors (Lipinski definition) is 4. The molecule has 1 saturated heterocycles. The lowest BCUT2D eigenvalue weighted by atomic mass is 10.1. The van der Waals surface area contributed by atoms with Gasteiger partial charge in [0.25, 0.3) is 5.91 Å². The van der Waals surface area contributed by atoms with Gasteiger partial charge in [0.1, 0.15) is 11.6 Å². The van der Waals surface area contributed by atoms with Crippen molar-refractivity contribution < 1.29 is 22.3 Å². The highest BCUT2D eigenvalue weighted by Gasteiger charge is 2.20. The fraction of sp³-hybridized carbons (Fsp3) is 0.381. The largest absolute Gasteiger partial charge is 0.484 e. The second-order valence-electron chi connectivity index (χ2n) is 7.09. The molecule has 0 radical (unpaired) electrons. The van der Waals surface area contributed by atoms with E-state index in [0.29, 0.717) is 11.4 Å². The number of carbonyl (C=O) groups is 1. The van der Waals surface area contributed by atoms with Crippen molar-refractivity contribution in [3.8, 4) is 5.75 Å². The molecule has 1 fully saturated rings. The van der Waals surface area contributed by atoms with Crippen molar-refractivity contribution in [2.45, 2.75) is 25.8 Å². The van der Waals surface area contributed by atoms with Crippen molar-refractivity contribution in [2.24, 2.45) is 0 Å². The van der Waals surface area contributed by atoms with Gasteiger partial charge in [-0.1, -0.05) is 18.2 Å². The Labute approximate surface area is 170 Å². The number of amides is 1. The van der Waals surface area contributed by atoms with Crippen LogP contribution in [0.5, 0.6) is 5.75 Å². The number of hydrogen-bond donors (Lipinski definition) is 0. The van der Waals surface area contributed by atoms with Crippen LogP contribution in [0.4, 0.5) is 10.1 Å². The Morgan fingerprint density at radius 3 is 2.34 bits per heavy atom. The van der Waals surface area contributed by atoms with Crippen LogP contribution in [0.15, 0.2) is 48.5 Å². The predicted molar refractivity (Wildman–Crippen MR) is 110 cm³/mol. The van der Waals surface area contributed by atoms with Crippen LogP contribution >= 0.6 is 0 Å². The first-order chi connectivity index (χ1) is 13.8. The fourth-order valence-corrected chi connectivity index (χ4v) is 4.15. The van der Waals surface area contributed by atoms with Gasteiger partial charge in [-0.2, -0.15) is 0 Å². The standard InChI is InChI=1S/C21H25FN2O4S/c1-29(26,27)24(15-17-7-3-4-8-20(17)22)18-9-11-19(12-10-18)28-16-21(25)23-13-5-2-6-14-23/h3-4,7-12H,2,5-6,13-16H2,1H3. The van der Waals surface area contributed by atoms with E-state index in [9.17, 15) is 17.6 Å². The highest BCUT2D eigenvalue weighted by molar-refractivity contribution is 7.92. The predicted octanol–water partition coefficient (Wildman–Crippen LogP) is 3.18. The van der Waals surface area contributed by atoms with Crippen molar-refractivity contribution in [3.05, 3.63) is 59.9 Å². The number of benzene rings is 2. The van der Waals surface area contributed by atoms with E-state index in [-0.39, 0.29) is 24.6 Å². The Morgan fingerprint density at radius 1 is 1.07 bits per heavy atom. The molecule has 0 bridgehead atoms. The molecule has 0 N–H and O–H groups in total. The summed E-state index contributed by atoms with van der Waals surface area (Å²) in [6, 6.07) is 12.5. The molecule has 1 heterocycles. The van der Waals surface area contributed by atoms with Gasteiger partial charge in [-0.3, -0.25) is 9.10 Å². The summed E-state index contributed by atoms with van der Waals surface area (Å²) in [6.45, 7) is 1.37. The van der Waals surface area contributed by atoms with Gasteiger partial charge in [0, 0.05) is 18.7 Å². The number of ether oxygens (including phenoxy) is 1. The van der Waals surface area contributed by atoms with E-state index in [1.54, 1.807) is 47.4 Å². The van der Waals surface area contributed by atoms with Gasteiger partial charge in [0.05, 0.1) is 18.5 Å². The molecule has 1 amide bonds. The number of anilines is 1. The van der Waals surface area contributed by atoms with Gasteiger partial charge in [0.15, 0.2) is 6.61 Å². The van der Waals surface area contributed by atoms with Crippen LogP contribution in [0.3, 0.4) is 0 Å². The Morgan fingerprint density at radius 2 is 1.72 bits per heavy atom. The summed E-state index contributed by atoms with van der Waals surface area (Å²) in [5, 5.41) is 0. The summed E-state index contributed by atoms with van der Waals surface area (Å²) in [4.78, 5) is 14.0. The van der Waals surface area contributed by atoms with Crippen molar-refractivity contribution in [3.63, 3.8) is 0 Å². The van der Waals surface area contributed by atoms with Gasteiger partial charge in [0.2, 0.25) is 10.0 Å². The Balaban J connectivity index is 1.67. The van der Waals surface area contributed by atoms with Crippen LogP contribution in [0, 0.1) is 5.82 Å². The molecule has 1 aliphatic rings. The van der Waals surface area contributed by atoms with Crippen LogP contribution < -0.4 is 9.04 Å². The summed E-state index contributed by atoms with van der Waals surface area (Å²) in [5.41, 5.74) is 0.677. The maximum absolute atomic E-state index is 14.0. The Hall–Kier alpha value is -2.61. The van der Waals surface area contributed by atoms with Crippen molar-refractivity contribution in [2.75, 3.05) is 30.3 Å². The first kappa shape index (κ1) is 21.1. The van der Waals surface area contributed by atoms with Crippen LogP contribution in [0.2, 0.25) is 0 Å². The second-order valence-corrected chi connectivity index (χ2v) is 8.99. The van der Waals surface area contributed by atoms with E-state index in [2.05, 4.69) is 0 Å². The first-order valence-corrected chi connectivity index (χ1v) is 11.4. The molecule has 3 rings (SSSR count). The van der Waals surface area contributed by atoms with Gasteiger partial charge >= 0.3 is 0 Å². The van der Waals surface area contributed by atoms with E-state index in [0.717, 1.165) is 42.9 Å². The van der Waals surface area contributed by atoms with E-state index >= 15 is 0 Å². The number of sulfonamides is 1. The molecule has 0 aliphatic carbocycles. The topological polar surface area (TPSA) is 66.9 Å². The van der Waals surface area contributed by atoms with Crippen LogP contribution in [0.1, 0.15) is 24.8 Å². The number of halogens is 1. The van der Waals surface area contributed by atoms with Gasteiger partial charge < -0.3 is 9.64 Å². The van der Waals surface area contributed by atoms with Gasteiger partial charge in [-0.15, -0.1) is 0 Å². The second kappa shape index (κ2) is 9.26. The zero-order chi connectivity index (χ0) is 20.9. The van der Waals surface area contributed by atoms with Crippen molar-refractivity contribution in [1.82, 2.24) is 4.90 Å². The van der Waals surface area contributed by atoms with E-state index in [1.165, 1.54) is 6.07 Å². The molecule has 0 unspecified atom stereocenters. The van der Waals surface area contributed by atoms with E-state index in [1.807, 2.05) is 0 Å². The van der Waals surface area contributed by atoms with E-state index in [4.69, 9.17) is 4.74 Å². The van der Waals surface area contributed by atoms with Crippen LogP contribution in [-0.4, -0.2) is 45.2 Å². The van der Waals surface area contributed by atoms with Crippen molar-refractivity contribution in [1.29, 1.82) is 0 Å². The molecule has 156 valence electrons. The molecule has 6 nitrogen and oxygen atoms in total. The maximum Gasteiger partial charge on any atom is 0.260 e. The highest BCUT2D eigenvalue weighted by atomic mass is 32.2. The van der Waals surface area contributed by atoms with Crippen LogP contribution in [0.25, 0.3) is 0 Å². The smallest absolute Gasteiger partial charge is 0.260 e. The Kier molecular flexibility index (Phi) is 6.74. The quantitative estimate of drug-likeness (QED) is 0.690. The Bertz CT molecular complexity index is 941. The molecule has 2 aromatic rings. The zero-order valence-electron chi connectivity index (χ0n) is 16.4. The minimum absolute atomic E-state index is 0.0499. The summed E-state index contributed by atoms with van der Waals surface area (Å²) in [5.74, 6) is -0.0399. The summed E-state index contributed by atoms with van der Waals surface area (Å²) in [7, 11) is -3.62. The third kappa shape index (κ3) is 5.69. The number of carbonyl (C=O) groups excluding carboxylic acids is 1. The minimum atomic E-state index is -3.62. The fourth-order valence-electron chi connectivity index (χ4n) is 3.27. The highest BCUT2D eigenvalue weighted by Crippen LogP contribution is 2.24. The van der Waals surface area contributed by atoms with Crippen LogP contribution in [-0.2, 0) is 21.4 Å². The first-order valence-electron chi connectivity index (χ1n) is 9.56. The summed E-state index contributed by atoms with van der Waals surface area (Å²) in [6.07, 6.45) is 4.26. The third-order valence-electron chi connectivity index (χ3n) is 4.87. The summed E-state index contributed by atoms with van der Waals surface area (Å²) < 4.78 is 45.2. The molecule has 1 aliphatic heterocycles. The monoisotopic (exact) mass is 420 g/mol. The number of likely N-dealkylation sites (tertiary alicyclic amines) is 1. The third-order valence-corrected chi connectivity index (χ3v) is 6.01. The molecular formula is C21H25FN2O4S. The number of nitrogens with zero attached hydrogens (tertiary/aromatic N) is 2. The van der Waals surface area contributed by atoms with Gasteiger partial charge in [-0.05, 0) is 49.6 Å². The molecule has 29 heavy (non-hydrogen) atoms. The SMILES string of the molecule is CS(=O)(=O)N(Cc1ccccc1F)c1ccc(OCC(=O)N2CCCCC2)cc1. The lowest BCUT2D eigenvalue weighted by molar-refractivity contribution is -0.134. The average molecular weight is 421 g/mol. The molecular weight excluding hydrogens is 395 g/mol. The molecule has 2 aromatic carbocycles. The summed E-state index contributed by atoms with van der Waals surface area (Å²) >= 11 is 0. The molecule has 0 spiro atoms.